The van der Waals surface area contributed by atoms with E-state index in [0.717, 1.165) is 41.9 Å². The first-order chi connectivity index (χ1) is 11.5. The monoisotopic (exact) mass is 361 g/mol. The molecule has 0 radical (unpaired) electrons. The Labute approximate surface area is 146 Å². The van der Waals surface area contributed by atoms with Crippen LogP contribution in [0.5, 0.6) is 0 Å². The Morgan fingerprint density at radius 1 is 1.21 bits per heavy atom. The van der Waals surface area contributed by atoms with E-state index >= 15 is 0 Å². The van der Waals surface area contributed by atoms with Gasteiger partial charge in [0.2, 0.25) is 0 Å². The number of likely N-dealkylation sites (tertiary alicyclic amines) is 1. The van der Waals surface area contributed by atoms with Gasteiger partial charge in [-0.3, -0.25) is 4.79 Å². The number of rotatable bonds is 1. The molecule has 126 valence electrons. The van der Waals surface area contributed by atoms with Crippen molar-refractivity contribution in [2.45, 2.75) is 30.4 Å². The minimum Gasteiger partial charge on any atom is -0.338 e. The third kappa shape index (κ3) is 2.58. The first-order valence-corrected chi connectivity index (χ1v) is 10.7. The summed E-state index contributed by atoms with van der Waals surface area (Å²) in [6.07, 6.45) is 2.07. The van der Waals surface area contributed by atoms with Crippen molar-refractivity contribution in [3.8, 4) is 10.4 Å². The Morgan fingerprint density at radius 3 is 2.67 bits per heavy atom. The van der Waals surface area contributed by atoms with E-state index in [1.165, 1.54) is 11.3 Å². The van der Waals surface area contributed by atoms with E-state index in [-0.39, 0.29) is 11.7 Å². The summed E-state index contributed by atoms with van der Waals surface area (Å²) in [6, 6.07) is 8.86. The number of carbonyl (C=O) groups excluding carboxylic acids is 1. The van der Waals surface area contributed by atoms with Gasteiger partial charge in [-0.2, -0.15) is 0 Å². The van der Waals surface area contributed by atoms with Crippen LogP contribution in [0.15, 0.2) is 35.2 Å². The quantitative estimate of drug-likeness (QED) is 0.780. The third-order valence-corrected chi connectivity index (χ3v) is 7.82. The summed E-state index contributed by atoms with van der Waals surface area (Å²) >= 11 is 1.43. The van der Waals surface area contributed by atoms with Crippen LogP contribution in [-0.2, 0) is 15.6 Å². The summed E-state index contributed by atoms with van der Waals surface area (Å²) < 4.78 is 24.9. The number of hydrogen-bond acceptors (Lipinski definition) is 4. The molecule has 2 aromatic rings. The first-order valence-electron chi connectivity index (χ1n) is 8.20. The molecule has 24 heavy (non-hydrogen) atoms. The predicted octanol–water partition coefficient (Wildman–Crippen LogP) is 3.57. The summed E-state index contributed by atoms with van der Waals surface area (Å²) in [4.78, 5) is 16.6. The molecule has 3 heterocycles. The Balaban J connectivity index is 1.71. The van der Waals surface area contributed by atoms with Crippen molar-refractivity contribution in [1.29, 1.82) is 0 Å². The van der Waals surface area contributed by atoms with E-state index in [4.69, 9.17) is 0 Å². The largest absolute Gasteiger partial charge is 0.338 e. The molecule has 0 atom stereocenters. The summed E-state index contributed by atoms with van der Waals surface area (Å²) in [7, 11) is -3.32. The van der Waals surface area contributed by atoms with Gasteiger partial charge < -0.3 is 4.90 Å². The molecule has 0 N–H and O–H groups in total. The Hall–Kier alpha value is -1.66. The van der Waals surface area contributed by atoms with Crippen LogP contribution in [0.25, 0.3) is 10.4 Å². The molecule has 6 heteroatoms. The maximum Gasteiger partial charge on any atom is 0.263 e. The molecule has 2 aliphatic heterocycles. The number of fused-ring (bicyclic) bond motifs is 3. The first kappa shape index (κ1) is 15.8. The summed E-state index contributed by atoms with van der Waals surface area (Å²) in [6.45, 7) is 3.79. The highest BCUT2D eigenvalue weighted by Gasteiger charge is 2.31. The van der Waals surface area contributed by atoms with Gasteiger partial charge >= 0.3 is 0 Å². The highest BCUT2D eigenvalue weighted by atomic mass is 32.2. The Bertz CT molecular complexity index is 906. The van der Waals surface area contributed by atoms with E-state index in [1.807, 2.05) is 17.0 Å². The number of nitrogens with zero attached hydrogens (tertiary/aromatic N) is 1. The van der Waals surface area contributed by atoms with Gasteiger partial charge in [0.05, 0.1) is 15.5 Å². The number of carbonyl (C=O) groups is 1. The molecule has 4 nitrogen and oxygen atoms in total. The van der Waals surface area contributed by atoms with Gasteiger partial charge in [0, 0.05) is 23.5 Å². The normalized spacial score (nSPS) is 19.6. The van der Waals surface area contributed by atoms with E-state index in [1.54, 1.807) is 18.2 Å². The summed E-state index contributed by atoms with van der Waals surface area (Å²) in [5.74, 6) is 0.693. The van der Waals surface area contributed by atoms with Crippen LogP contribution in [-0.4, -0.2) is 32.3 Å². The van der Waals surface area contributed by atoms with Crippen molar-refractivity contribution in [2.24, 2.45) is 5.92 Å². The fourth-order valence-corrected chi connectivity index (χ4v) is 6.37. The van der Waals surface area contributed by atoms with Gasteiger partial charge in [-0.15, -0.1) is 11.3 Å². The van der Waals surface area contributed by atoms with Crippen molar-refractivity contribution in [3.63, 3.8) is 0 Å². The van der Waals surface area contributed by atoms with Crippen molar-refractivity contribution in [1.82, 2.24) is 4.90 Å². The van der Waals surface area contributed by atoms with Crippen LogP contribution in [0, 0.1) is 5.92 Å². The van der Waals surface area contributed by atoms with Gasteiger partial charge in [0.25, 0.3) is 5.91 Å². The second-order valence-electron chi connectivity index (χ2n) is 6.69. The maximum absolute atomic E-state index is 12.8. The lowest BCUT2D eigenvalue weighted by atomic mass is 9.99. The Kier molecular flexibility index (Phi) is 3.77. The zero-order valence-electron chi connectivity index (χ0n) is 13.5. The molecule has 0 spiro atoms. The molecule has 0 unspecified atom stereocenters. The Morgan fingerprint density at radius 2 is 1.92 bits per heavy atom. The lowest BCUT2D eigenvalue weighted by Gasteiger charge is -2.29. The average molecular weight is 361 g/mol. The average Bonchev–Trinajstić information content (AvgIpc) is 2.98. The number of benzene rings is 1. The molecule has 1 aromatic carbocycles. The van der Waals surface area contributed by atoms with E-state index in [9.17, 15) is 13.2 Å². The number of sulfone groups is 1. The smallest absolute Gasteiger partial charge is 0.263 e. The van der Waals surface area contributed by atoms with E-state index in [0.29, 0.717) is 15.7 Å². The minimum absolute atomic E-state index is 0.0137. The van der Waals surface area contributed by atoms with Gasteiger partial charge in [-0.1, -0.05) is 25.1 Å². The number of amides is 1. The van der Waals surface area contributed by atoms with Crippen LogP contribution in [0.3, 0.4) is 0 Å². The summed E-state index contributed by atoms with van der Waals surface area (Å²) in [5, 5.41) is 0. The number of thiophene rings is 1. The van der Waals surface area contributed by atoms with E-state index < -0.39 is 9.84 Å². The molecular weight excluding hydrogens is 342 g/mol. The van der Waals surface area contributed by atoms with E-state index in [2.05, 4.69) is 6.92 Å². The minimum atomic E-state index is -3.32. The van der Waals surface area contributed by atoms with Crippen molar-refractivity contribution >= 4 is 27.1 Å². The third-order valence-electron chi connectivity index (χ3n) is 4.90. The highest BCUT2D eigenvalue weighted by molar-refractivity contribution is 7.91. The van der Waals surface area contributed by atoms with Crippen LogP contribution in [0.4, 0.5) is 0 Å². The zero-order chi connectivity index (χ0) is 16.9. The van der Waals surface area contributed by atoms with Crippen LogP contribution < -0.4 is 0 Å². The lowest BCUT2D eigenvalue weighted by molar-refractivity contribution is 0.0702. The van der Waals surface area contributed by atoms with Gasteiger partial charge in [0.15, 0.2) is 9.84 Å². The second kappa shape index (κ2) is 5.70. The molecule has 1 aromatic heterocycles. The standard InChI is InChI=1S/C18H19NO3S2/c1-12-6-8-19(9-7-12)18(20)15-10-13-11-24(21,22)16-5-3-2-4-14(16)17(13)23-15/h2-5,10,12H,6-9,11H2,1H3. The molecule has 1 fully saturated rings. The number of hydrogen-bond donors (Lipinski definition) is 0. The molecule has 0 aliphatic carbocycles. The topological polar surface area (TPSA) is 54.5 Å². The summed E-state index contributed by atoms with van der Waals surface area (Å²) in [5.41, 5.74) is 1.49. The molecule has 1 amide bonds. The highest BCUT2D eigenvalue weighted by Crippen LogP contribution is 2.43. The van der Waals surface area contributed by atoms with Crippen LogP contribution >= 0.6 is 11.3 Å². The van der Waals surface area contributed by atoms with Crippen LogP contribution in [0.1, 0.15) is 35.0 Å². The zero-order valence-corrected chi connectivity index (χ0v) is 15.1. The molecule has 0 saturated carbocycles. The fraction of sp³-hybridized carbons (Fsp3) is 0.389. The maximum atomic E-state index is 12.8. The SMILES string of the molecule is CC1CCN(C(=O)c2cc3c(s2)-c2ccccc2S(=O)(=O)C3)CC1. The lowest BCUT2D eigenvalue weighted by Crippen LogP contribution is -2.37. The van der Waals surface area contributed by atoms with Crippen LogP contribution in [0.2, 0.25) is 0 Å². The molecule has 4 rings (SSSR count). The van der Waals surface area contributed by atoms with Crippen molar-refractivity contribution in [2.75, 3.05) is 13.1 Å². The second-order valence-corrected chi connectivity index (χ2v) is 9.71. The molecular formula is C18H19NO3S2. The van der Waals surface area contributed by atoms with Crippen molar-refractivity contribution in [3.05, 3.63) is 40.8 Å². The molecule has 2 aliphatic rings. The molecule has 0 bridgehead atoms. The number of piperidine rings is 1. The van der Waals surface area contributed by atoms with Crippen molar-refractivity contribution < 1.29 is 13.2 Å². The fourth-order valence-electron chi connectivity index (χ4n) is 3.44. The van der Waals surface area contributed by atoms with Gasteiger partial charge in [-0.25, -0.2) is 8.42 Å². The molecule has 1 saturated heterocycles. The van der Waals surface area contributed by atoms with Gasteiger partial charge in [0.1, 0.15) is 0 Å². The predicted molar refractivity (Wildman–Crippen MR) is 94.9 cm³/mol. The van der Waals surface area contributed by atoms with Gasteiger partial charge in [-0.05, 0) is 36.5 Å².